The van der Waals surface area contributed by atoms with E-state index in [0.717, 1.165) is 59.6 Å². The number of amides is 1. The summed E-state index contributed by atoms with van der Waals surface area (Å²) in [5, 5.41) is 3.10. The van der Waals surface area contributed by atoms with Gasteiger partial charge >= 0.3 is 0 Å². The van der Waals surface area contributed by atoms with Gasteiger partial charge in [0.1, 0.15) is 11.6 Å². The SMILES string of the molecule is COc1ccc(F)cc1-c1ccc(CN2CCCCC2C(=O)NCc2ccc3c(c2)OCO3)cc1. The van der Waals surface area contributed by atoms with Crippen molar-refractivity contribution in [1.29, 1.82) is 0 Å². The van der Waals surface area contributed by atoms with Gasteiger partial charge in [0, 0.05) is 18.7 Å². The predicted molar refractivity (Wildman–Crippen MR) is 131 cm³/mol. The van der Waals surface area contributed by atoms with E-state index in [-0.39, 0.29) is 24.6 Å². The monoisotopic (exact) mass is 476 g/mol. The van der Waals surface area contributed by atoms with Crippen LogP contribution in [0, 0.1) is 5.82 Å². The molecule has 2 heterocycles. The maximum atomic E-state index is 13.8. The molecule has 35 heavy (non-hydrogen) atoms. The minimum Gasteiger partial charge on any atom is -0.496 e. The summed E-state index contributed by atoms with van der Waals surface area (Å²) in [4.78, 5) is 15.3. The van der Waals surface area contributed by atoms with Gasteiger partial charge in [0.15, 0.2) is 11.5 Å². The predicted octanol–water partition coefficient (Wildman–Crippen LogP) is 4.90. The van der Waals surface area contributed by atoms with Crippen LogP contribution in [0.5, 0.6) is 17.2 Å². The van der Waals surface area contributed by atoms with E-state index in [1.807, 2.05) is 42.5 Å². The highest BCUT2D eigenvalue weighted by molar-refractivity contribution is 5.81. The number of carbonyl (C=O) groups is 1. The normalized spacial score (nSPS) is 17.3. The maximum Gasteiger partial charge on any atom is 0.237 e. The van der Waals surface area contributed by atoms with Crippen molar-refractivity contribution in [3.63, 3.8) is 0 Å². The summed E-state index contributed by atoms with van der Waals surface area (Å²) in [5.41, 5.74) is 3.70. The molecule has 3 aromatic rings. The fourth-order valence-corrected chi connectivity index (χ4v) is 4.77. The van der Waals surface area contributed by atoms with Gasteiger partial charge in [-0.2, -0.15) is 0 Å². The molecule has 1 N–H and O–H groups in total. The summed E-state index contributed by atoms with van der Waals surface area (Å²) in [5.74, 6) is 1.83. The first kappa shape index (κ1) is 23.2. The van der Waals surface area contributed by atoms with Crippen LogP contribution in [0.25, 0.3) is 11.1 Å². The van der Waals surface area contributed by atoms with Crippen LogP contribution in [0.4, 0.5) is 4.39 Å². The van der Waals surface area contributed by atoms with Crippen LogP contribution in [0.3, 0.4) is 0 Å². The molecule has 0 aliphatic carbocycles. The zero-order valence-corrected chi connectivity index (χ0v) is 19.8. The maximum absolute atomic E-state index is 13.8. The van der Waals surface area contributed by atoms with Gasteiger partial charge in [0.25, 0.3) is 0 Å². The number of piperidine rings is 1. The lowest BCUT2D eigenvalue weighted by molar-refractivity contribution is -0.128. The molecule has 1 atom stereocenters. The second kappa shape index (κ2) is 10.4. The molecule has 0 aromatic heterocycles. The van der Waals surface area contributed by atoms with Crippen LogP contribution < -0.4 is 19.5 Å². The lowest BCUT2D eigenvalue weighted by Gasteiger charge is -2.34. The molecule has 0 saturated carbocycles. The fourth-order valence-electron chi connectivity index (χ4n) is 4.77. The average molecular weight is 477 g/mol. The number of hydrogen-bond donors (Lipinski definition) is 1. The summed E-state index contributed by atoms with van der Waals surface area (Å²) < 4.78 is 30.0. The van der Waals surface area contributed by atoms with Gasteiger partial charge in [-0.05, 0) is 66.4 Å². The molecule has 7 heteroatoms. The minimum absolute atomic E-state index is 0.0449. The fraction of sp³-hybridized carbons (Fsp3) is 0.321. The van der Waals surface area contributed by atoms with Crippen LogP contribution in [-0.4, -0.2) is 37.3 Å². The van der Waals surface area contributed by atoms with Crippen molar-refractivity contribution in [1.82, 2.24) is 10.2 Å². The molecule has 2 aliphatic heterocycles. The number of nitrogens with zero attached hydrogens (tertiary/aromatic N) is 1. The van der Waals surface area contributed by atoms with Gasteiger partial charge in [-0.25, -0.2) is 4.39 Å². The number of hydrogen-bond acceptors (Lipinski definition) is 5. The Balaban J connectivity index is 1.23. The average Bonchev–Trinajstić information content (AvgIpc) is 3.36. The lowest BCUT2D eigenvalue weighted by Crippen LogP contribution is -2.48. The number of fused-ring (bicyclic) bond motifs is 1. The summed E-state index contributed by atoms with van der Waals surface area (Å²) in [6.45, 7) is 2.24. The van der Waals surface area contributed by atoms with E-state index in [4.69, 9.17) is 14.2 Å². The quantitative estimate of drug-likeness (QED) is 0.526. The molecule has 0 bridgehead atoms. The van der Waals surface area contributed by atoms with Gasteiger partial charge in [-0.15, -0.1) is 0 Å². The van der Waals surface area contributed by atoms with E-state index in [1.165, 1.54) is 12.1 Å². The van der Waals surface area contributed by atoms with E-state index < -0.39 is 0 Å². The first-order chi connectivity index (χ1) is 17.1. The third kappa shape index (κ3) is 5.25. The number of methoxy groups -OCH3 is 1. The number of carbonyl (C=O) groups excluding carboxylic acids is 1. The van der Waals surface area contributed by atoms with Crippen LogP contribution in [0.15, 0.2) is 60.7 Å². The van der Waals surface area contributed by atoms with Crippen molar-refractivity contribution in [2.24, 2.45) is 0 Å². The Kier molecular flexibility index (Phi) is 6.86. The van der Waals surface area contributed by atoms with E-state index in [1.54, 1.807) is 13.2 Å². The molecule has 1 unspecified atom stereocenters. The van der Waals surface area contributed by atoms with Gasteiger partial charge in [-0.3, -0.25) is 9.69 Å². The Morgan fingerprint density at radius 2 is 1.83 bits per heavy atom. The van der Waals surface area contributed by atoms with Crippen LogP contribution in [-0.2, 0) is 17.9 Å². The van der Waals surface area contributed by atoms with Crippen molar-refractivity contribution in [3.05, 3.63) is 77.6 Å². The van der Waals surface area contributed by atoms with E-state index in [9.17, 15) is 9.18 Å². The van der Waals surface area contributed by atoms with Crippen molar-refractivity contribution < 1.29 is 23.4 Å². The van der Waals surface area contributed by atoms with Crippen LogP contribution in [0.1, 0.15) is 30.4 Å². The third-order valence-electron chi connectivity index (χ3n) is 6.63. The smallest absolute Gasteiger partial charge is 0.237 e. The lowest BCUT2D eigenvalue weighted by atomic mass is 9.99. The van der Waals surface area contributed by atoms with Crippen molar-refractivity contribution in [3.8, 4) is 28.4 Å². The van der Waals surface area contributed by atoms with Gasteiger partial charge < -0.3 is 19.5 Å². The highest BCUT2D eigenvalue weighted by Gasteiger charge is 2.28. The standard InChI is InChI=1S/C28H29FN2O4/c1-33-25-12-10-22(29)15-23(25)21-8-5-19(6-9-21)17-31-13-3-2-4-24(31)28(32)30-16-20-7-11-26-27(14-20)35-18-34-26/h5-12,14-15,24H,2-4,13,16-18H2,1H3,(H,30,32). The summed E-state index contributed by atoms with van der Waals surface area (Å²) in [6.07, 6.45) is 2.95. The Hall–Kier alpha value is -3.58. The molecule has 3 aromatic carbocycles. The Morgan fingerprint density at radius 3 is 2.66 bits per heavy atom. The molecule has 6 nitrogen and oxygen atoms in total. The number of rotatable bonds is 7. The number of nitrogens with one attached hydrogen (secondary N) is 1. The zero-order valence-electron chi connectivity index (χ0n) is 19.8. The van der Waals surface area contributed by atoms with Gasteiger partial charge in [-0.1, -0.05) is 36.8 Å². The molecule has 1 saturated heterocycles. The second-order valence-electron chi connectivity index (χ2n) is 8.93. The first-order valence-corrected chi connectivity index (χ1v) is 11.9. The molecular formula is C28H29FN2O4. The number of benzene rings is 3. The molecule has 182 valence electrons. The molecule has 1 amide bonds. The molecule has 0 radical (unpaired) electrons. The number of halogens is 1. The largest absolute Gasteiger partial charge is 0.496 e. The zero-order chi connectivity index (χ0) is 24.2. The summed E-state index contributed by atoms with van der Waals surface area (Å²) in [7, 11) is 1.58. The topological polar surface area (TPSA) is 60.0 Å². The molecule has 5 rings (SSSR count). The van der Waals surface area contributed by atoms with Crippen LogP contribution in [0.2, 0.25) is 0 Å². The molecule has 1 fully saturated rings. The van der Waals surface area contributed by atoms with Gasteiger partial charge in [0.2, 0.25) is 12.7 Å². The minimum atomic E-state index is -0.298. The van der Waals surface area contributed by atoms with Crippen molar-refractivity contribution >= 4 is 5.91 Å². The van der Waals surface area contributed by atoms with Crippen molar-refractivity contribution in [2.75, 3.05) is 20.4 Å². The molecule has 2 aliphatic rings. The number of likely N-dealkylation sites (tertiary alicyclic amines) is 1. The van der Waals surface area contributed by atoms with Gasteiger partial charge in [0.05, 0.1) is 13.2 Å². The number of ether oxygens (including phenoxy) is 3. The Morgan fingerprint density at radius 1 is 1.03 bits per heavy atom. The molecular weight excluding hydrogens is 447 g/mol. The van der Waals surface area contributed by atoms with E-state index >= 15 is 0 Å². The Bertz CT molecular complexity index is 1200. The summed E-state index contributed by atoms with van der Waals surface area (Å²) >= 11 is 0. The van der Waals surface area contributed by atoms with E-state index in [2.05, 4.69) is 10.2 Å². The van der Waals surface area contributed by atoms with E-state index in [0.29, 0.717) is 18.8 Å². The third-order valence-corrected chi connectivity index (χ3v) is 6.63. The van der Waals surface area contributed by atoms with Crippen LogP contribution >= 0.6 is 0 Å². The second-order valence-corrected chi connectivity index (χ2v) is 8.93. The van der Waals surface area contributed by atoms with Crippen molar-refractivity contribution in [2.45, 2.75) is 38.4 Å². The highest BCUT2D eigenvalue weighted by atomic mass is 19.1. The molecule has 0 spiro atoms. The first-order valence-electron chi connectivity index (χ1n) is 11.9. The highest BCUT2D eigenvalue weighted by Crippen LogP contribution is 2.33. The Labute approximate surface area is 204 Å². The summed E-state index contributed by atoms with van der Waals surface area (Å²) in [6, 6.07) is 18.1.